The molecule has 0 aromatic carbocycles. The van der Waals surface area contributed by atoms with Crippen LogP contribution in [0.15, 0.2) is 17.5 Å². The maximum Gasteiger partial charge on any atom is 0.262 e. The summed E-state index contributed by atoms with van der Waals surface area (Å²) in [6.07, 6.45) is 13.2. The molecule has 1 aromatic heterocycles. The quantitative estimate of drug-likeness (QED) is 0.730. The number of hydrogen-bond donors (Lipinski definition) is 3. The number of nitrogens with one attached hydrogen (secondary N) is 2. The minimum atomic E-state index is -0.897. The molecule has 1 fully saturated rings. The zero-order chi connectivity index (χ0) is 18.6. The van der Waals surface area contributed by atoms with Crippen molar-refractivity contribution < 1.29 is 14.7 Å². The van der Waals surface area contributed by atoms with Crippen molar-refractivity contribution in [3.8, 4) is 0 Å². The molecule has 146 valence electrons. The molecule has 3 N–H and O–H groups in total. The van der Waals surface area contributed by atoms with Crippen LogP contribution in [0.25, 0.3) is 0 Å². The second-order valence-electron chi connectivity index (χ2n) is 7.15. The van der Waals surface area contributed by atoms with Crippen LogP contribution in [-0.4, -0.2) is 35.6 Å². The van der Waals surface area contributed by atoms with Crippen molar-refractivity contribution in [3.05, 3.63) is 22.4 Å². The van der Waals surface area contributed by atoms with Crippen LogP contribution in [0.3, 0.4) is 0 Å². The summed E-state index contributed by atoms with van der Waals surface area (Å²) >= 11 is 1.32. The molecule has 0 radical (unpaired) electrons. The third-order valence-electron chi connectivity index (χ3n) is 5.00. The van der Waals surface area contributed by atoms with Gasteiger partial charge in [-0.2, -0.15) is 0 Å². The van der Waals surface area contributed by atoms with Gasteiger partial charge in [0.15, 0.2) is 0 Å². The number of carbonyl (C=O) groups is 2. The fraction of sp³-hybridized carbons (Fsp3) is 0.700. The number of rotatable bonds is 5. The Kier molecular flexibility index (Phi) is 9.71. The summed E-state index contributed by atoms with van der Waals surface area (Å²) in [5.74, 6) is -0.595. The van der Waals surface area contributed by atoms with Crippen LogP contribution in [0.4, 0.5) is 0 Å². The zero-order valence-corrected chi connectivity index (χ0v) is 16.4. The van der Waals surface area contributed by atoms with Crippen LogP contribution in [0.5, 0.6) is 0 Å². The van der Waals surface area contributed by atoms with Crippen LogP contribution >= 0.6 is 11.3 Å². The van der Waals surface area contributed by atoms with Gasteiger partial charge in [-0.25, -0.2) is 0 Å². The normalized spacial score (nSPS) is 19.0. The Morgan fingerprint density at radius 2 is 1.62 bits per heavy atom. The van der Waals surface area contributed by atoms with Crippen LogP contribution in [0, 0.1) is 0 Å². The second kappa shape index (κ2) is 12.1. The van der Waals surface area contributed by atoms with Crippen molar-refractivity contribution in [1.29, 1.82) is 0 Å². The standard InChI is InChI=1S/C20H32N2O3S/c23-15-17(22-20(25)18-13-10-14-26-18)19(24)21-16-11-8-6-4-2-1-3-5-7-9-12-16/h10,13-14,16-17,23H,1-9,11-12,15H2,(H,21,24)(H,22,25). The molecule has 2 rings (SSSR count). The van der Waals surface area contributed by atoms with Crippen molar-refractivity contribution in [1.82, 2.24) is 10.6 Å². The first-order valence-electron chi connectivity index (χ1n) is 9.96. The number of aliphatic hydroxyl groups is 1. The van der Waals surface area contributed by atoms with E-state index in [1.54, 1.807) is 12.1 Å². The summed E-state index contributed by atoms with van der Waals surface area (Å²) in [7, 11) is 0. The third kappa shape index (κ3) is 7.46. The van der Waals surface area contributed by atoms with Gasteiger partial charge in [0.05, 0.1) is 11.5 Å². The molecule has 1 aliphatic carbocycles. The summed E-state index contributed by atoms with van der Waals surface area (Å²) in [4.78, 5) is 25.2. The van der Waals surface area contributed by atoms with Gasteiger partial charge in [-0.3, -0.25) is 9.59 Å². The average Bonchev–Trinajstić information content (AvgIpc) is 3.16. The Morgan fingerprint density at radius 1 is 1.04 bits per heavy atom. The van der Waals surface area contributed by atoms with E-state index < -0.39 is 12.6 Å². The number of amides is 2. The van der Waals surface area contributed by atoms with Crippen LogP contribution < -0.4 is 10.6 Å². The second-order valence-corrected chi connectivity index (χ2v) is 8.10. The Hall–Kier alpha value is -1.40. The van der Waals surface area contributed by atoms with Gasteiger partial charge in [0.1, 0.15) is 6.04 Å². The minimum Gasteiger partial charge on any atom is -0.394 e. The number of thiophene rings is 1. The van der Waals surface area contributed by atoms with E-state index in [2.05, 4.69) is 10.6 Å². The molecule has 6 heteroatoms. The van der Waals surface area contributed by atoms with E-state index in [0.29, 0.717) is 4.88 Å². The van der Waals surface area contributed by atoms with Crippen molar-refractivity contribution in [3.63, 3.8) is 0 Å². The van der Waals surface area contributed by atoms with Crippen LogP contribution in [0.2, 0.25) is 0 Å². The van der Waals surface area contributed by atoms with E-state index in [9.17, 15) is 14.7 Å². The van der Waals surface area contributed by atoms with Crippen LogP contribution in [0.1, 0.15) is 80.3 Å². The fourth-order valence-electron chi connectivity index (χ4n) is 3.44. The summed E-state index contributed by atoms with van der Waals surface area (Å²) in [5, 5.41) is 17.1. The molecule has 0 bridgehead atoms. The molecule has 0 aliphatic heterocycles. The molecule has 1 unspecified atom stereocenters. The number of carbonyl (C=O) groups excluding carboxylic acids is 2. The lowest BCUT2D eigenvalue weighted by molar-refractivity contribution is -0.124. The number of aliphatic hydroxyl groups excluding tert-OH is 1. The van der Waals surface area contributed by atoms with E-state index >= 15 is 0 Å². The summed E-state index contributed by atoms with van der Waals surface area (Å²) in [5.41, 5.74) is 0. The molecular formula is C20H32N2O3S. The Bertz CT molecular complexity index is 521. The lowest BCUT2D eigenvalue weighted by Crippen LogP contribution is -2.51. The fourth-order valence-corrected chi connectivity index (χ4v) is 4.07. The van der Waals surface area contributed by atoms with Crippen molar-refractivity contribution >= 4 is 23.2 Å². The summed E-state index contributed by atoms with van der Waals surface area (Å²) in [6, 6.07) is 2.73. The van der Waals surface area contributed by atoms with Gasteiger partial charge < -0.3 is 15.7 Å². The lowest BCUT2D eigenvalue weighted by Gasteiger charge is -2.23. The van der Waals surface area contributed by atoms with Gasteiger partial charge in [-0.15, -0.1) is 11.3 Å². The Labute approximate surface area is 160 Å². The molecule has 1 saturated carbocycles. The zero-order valence-electron chi connectivity index (χ0n) is 15.5. The van der Waals surface area contributed by atoms with Crippen molar-refractivity contribution in [2.75, 3.05) is 6.61 Å². The highest BCUT2D eigenvalue weighted by molar-refractivity contribution is 7.12. The molecule has 1 atom stereocenters. The molecular weight excluding hydrogens is 348 g/mol. The molecule has 26 heavy (non-hydrogen) atoms. The molecule has 1 heterocycles. The molecule has 2 amide bonds. The summed E-state index contributed by atoms with van der Waals surface area (Å²) < 4.78 is 0. The van der Waals surface area contributed by atoms with Gasteiger partial charge in [-0.1, -0.05) is 63.9 Å². The van der Waals surface area contributed by atoms with Gasteiger partial charge in [0.25, 0.3) is 5.91 Å². The van der Waals surface area contributed by atoms with Crippen molar-refractivity contribution in [2.45, 2.75) is 82.7 Å². The van der Waals surface area contributed by atoms with E-state index in [-0.39, 0.29) is 17.9 Å². The predicted molar refractivity (Wildman–Crippen MR) is 105 cm³/mol. The maximum atomic E-state index is 12.5. The van der Waals surface area contributed by atoms with E-state index in [4.69, 9.17) is 0 Å². The van der Waals surface area contributed by atoms with E-state index in [1.807, 2.05) is 5.38 Å². The molecule has 1 aromatic rings. The monoisotopic (exact) mass is 380 g/mol. The molecule has 5 nitrogen and oxygen atoms in total. The first kappa shape index (κ1) is 20.9. The van der Waals surface area contributed by atoms with E-state index in [1.165, 1.54) is 56.3 Å². The van der Waals surface area contributed by atoms with Gasteiger partial charge >= 0.3 is 0 Å². The van der Waals surface area contributed by atoms with Gasteiger partial charge in [-0.05, 0) is 24.3 Å². The Balaban J connectivity index is 1.85. The van der Waals surface area contributed by atoms with Gasteiger partial charge in [0.2, 0.25) is 5.91 Å². The minimum absolute atomic E-state index is 0.134. The predicted octanol–water partition coefficient (Wildman–Crippen LogP) is 3.63. The van der Waals surface area contributed by atoms with Gasteiger partial charge in [0, 0.05) is 6.04 Å². The smallest absolute Gasteiger partial charge is 0.262 e. The average molecular weight is 381 g/mol. The molecule has 0 spiro atoms. The first-order valence-corrected chi connectivity index (χ1v) is 10.8. The maximum absolute atomic E-state index is 12.5. The Morgan fingerprint density at radius 3 is 2.12 bits per heavy atom. The highest BCUT2D eigenvalue weighted by atomic mass is 32.1. The summed E-state index contributed by atoms with van der Waals surface area (Å²) in [6.45, 7) is -0.393. The first-order chi connectivity index (χ1) is 12.7. The SMILES string of the molecule is O=C(NC(CO)C(=O)NC1CCCCCCCCCCC1)c1cccs1. The third-order valence-corrected chi connectivity index (χ3v) is 5.87. The molecule has 0 saturated heterocycles. The number of hydrogen-bond acceptors (Lipinski definition) is 4. The van der Waals surface area contributed by atoms with Crippen LogP contribution in [-0.2, 0) is 4.79 Å². The molecule has 1 aliphatic rings. The highest BCUT2D eigenvalue weighted by Crippen LogP contribution is 2.17. The highest BCUT2D eigenvalue weighted by Gasteiger charge is 2.23. The lowest BCUT2D eigenvalue weighted by atomic mass is 9.97. The topological polar surface area (TPSA) is 78.4 Å². The largest absolute Gasteiger partial charge is 0.394 e. The van der Waals surface area contributed by atoms with E-state index in [0.717, 1.165) is 25.7 Å². The van der Waals surface area contributed by atoms with Crippen molar-refractivity contribution in [2.24, 2.45) is 0 Å².